The molecule has 0 aliphatic heterocycles. The first-order valence-electron chi connectivity index (χ1n) is 0.858. The molecule has 2 nitrogen and oxygen atoms in total. The van der Waals surface area contributed by atoms with Crippen LogP contribution in [0.15, 0.2) is 12.5 Å². The summed E-state index contributed by atoms with van der Waals surface area (Å²) in [5.41, 5.74) is 0. The van der Waals surface area contributed by atoms with Gasteiger partial charge in [0, 0.05) is 0 Å². The summed E-state index contributed by atoms with van der Waals surface area (Å²) in [6.45, 7) is 0. The average molecular weight is 83.0 g/mol. The summed E-state index contributed by atoms with van der Waals surface area (Å²) in [4.78, 5) is 0. The van der Waals surface area contributed by atoms with Crippen molar-refractivity contribution in [1.29, 1.82) is 0 Å². The van der Waals surface area contributed by atoms with E-state index >= 15 is 0 Å². The normalized spacial score (nSPS) is 7.20. The van der Waals surface area contributed by atoms with Crippen molar-refractivity contribution in [2.24, 2.45) is 0 Å². The van der Waals surface area contributed by atoms with Gasteiger partial charge in [-0.3, -0.25) is 0 Å². The zero-order valence-corrected chi connectivity index (χ0v) is 5.06. The third kappa shape index (κ3) is 13.2. The molecule has 24 valence electrons. The van der Waals surface area contributed by atoms with Gasteiger partial charge >= 0.3 is 29.6 Å². The van der Waals surface area contributed by atoms with E-state index in [9.17, 15) is 0 Å². The van der Waals surface area contributed by atoms with Crippen LogP contribution in [0, 0.1) is 0 Å². The van der Waals surface area contributed by atoms with E-state index in [-0.39, 0.29) is 29.6 Å². The first-order chi connectivity index (χ1) is 1.91. The summed E-state index contributed by atoms with van der Waals surface area (Å²) in [7, 11) is 0. The second-order valence-corrected chi connectivity index (χ2v) is 0.303. The Kier molecular flexibility index (Phi) is 15.9. The van der Waals surface area contributed by atoms with Crippen LogP contribution in [-0.2, 0) is 0 Å². The molecule has 0 spiro atoms. The van der Waals surface area contributed by atoms with E-state index in [4.69, 9.17) is 10.2 Å². The Morgan fingerprint density at radius 2 is 1.80 bits per heavy atom. The van der Waals surface area contributed by atoms with Crippen LogP contribution in [0.1, 0.15) is 0 Å². The fraction of sp³-hybridized carbons (Fsp3) is 0. The SMILES string of the molecule is [Na+].[O-]C=C[OH2+]. The molecule has 0 fully saturated rings. The van der Waals surface area contributed by atoms with Gasteiger partial charge in [-0.2, -0.15) is 0 Å². The Morgan fingerprint density at radius 3 is 1.80 bits per heavy atom. The van der Waals surface area contributed by atoms with Crippen molar-refractivity contribution in [3.05, 3.63) is 12.5 Å². The molecule has 0 atom stereocenters. The van der Waals surface area contributed by atoms with E-state index < -0.39 is 0 Å². The Hall–Kier alpha value is 0.340. The Bertz CT molecular complexity index is 22.8. The minimum atomic E-state index is 0. The molecule has 0 radical (unpaired) electrons. The standard InChI is InChI=1S/C2H4O2.Na/c3-1-2-4;/h1-4H;/q;+1. The molecule has 0 unspecified atom stereocenters. The van der Waals surface area contributed by atoms with Crippen molar-refractivity contribution in [3.63, 3.8) is 0 Å². The second kappa shape index (κ2) is 8.84. The van der Waals surface area contributed by atoms with Gasteiger partial charge in [0.05, 0.1) is 0 Å². The van der Waals surface area contributed by atoms with Gasteiger partial charge in [-0.15, -0.1) is 0 Å². The smallest absolute Gasteiger partial charge is 0.872 e. The van der Waals surface area contributed by atoms with Gasteiger partial charge in [0.2, 0.25) is 6.26 Å². The average Bonchev–Trinajstić information content (AvgIpc) is 1.37. The number of rotatable bonds is 0. The number of hydrogen-bond acceptors (Lipinski definition) is 1. The molecule has 0 saturated heterocycles. The van der Waals surface area contributed by atoms with Gasteiger partial charge in [0.1, 0.15) is 0 Å². The summed E-state index contributed by atoms with van der Waals surface area (Å²) in [6.07, 6.45) is 1.11. The Morgan fingerprint density at radius 1 is 1.60 bits per heavy atom. The zero-order valence-electron chi connectivity index (χ0n) is 3.06. The largest absolute Gasteiger partial charge is 1.00 e. The molecular weight excluding hydrogens is 79.0 g/mol. The molecule has 2 N–H and O–H groups in total. The molecule has 0 aliphatic carbocycles. The molecule has 0 aromatic carbocycles. The van der Waals surface area contributed by atoms with Gasteiger partial charge < -0.3 is 10.2 Å². The van der Waals surface area contributed by atoms with Crippen molar-refractivity contribution in [3.8, 4) is 0 Å². The van der Waals surface area contributed by atoms with Crippen LogP contribution in [0.25, 0.3) is 0 Å². The van der Waals surface area contributed by atoms with Gasteiger partial charge in [-0.25, -0.2) is 0 Å². The van der Waals surface area contributed by atoms with Crippen LogP contribution >= 0.6 is 0 Å². The van der Waals surface area contributed by atoms with Crippen molar-refractivity contribution >= 4 is 0 Å². The maximum atomic E-state index is 8.93. The predicted molar refractivity (Wildman–Crippen MR) is 12.8 cm³/mol. The maximum absolute atomic E-state index is 8.93. The van der Waals surface area contributed by atoms with Gasteiger partial charge in [-0.1, -0.05) is 6.26 Å². The molecule has 0 bridgehead atoms. The Balaban J connectivity index is 0. The Labute approximate surface area is 52.4 Å². The minimum absolute atomic E-state index is 0. The molecule has 0 rings (SSSR count). The third-order valence-electron chi connectivity index (χ3n) is 0.0680. The van der Waals surface area contributed by atoms with E-state index in [0.29, 0.717) is 12.5 Å². The summed E-state index contributed by atoms with van der Waals surface area (Å²) in [5.74, 6) is 0. The van der Waals surface area contributed by atoms with Gasteiger partial charge in [0.15, 0.2) is 0 Å². The van der Waals surface area contributed by atoms with Crippen LogP contribution in [0.3, 0.4) is 0 Å². The topological polar surface area (TPSA) is 46.0 Å². The van der Waals surface area contributed by atoms with E-state index in [0.717, 1.165) is 0 Å². The third-order valence-corrected chi connectivity index (χ3v) is 0.0680. The zero-order chi connectivity index (χ0) is 3.41. The summed E-state index contributed by atoms with van der Waals surface area (Å²) in [6, 6.07) is 0. The molecule has 0 heterocycles. The van der Waals surface area contributed by atoms with E-state index in [1.807, 2.05) is 0 Å². The summed E-state index contributed by atoms with van der Waals surface area (Å²) < 4.78 is 0. The van der Waals surface area contributed by atoms with Gasteiger partial charge in [0.25, 0.3) is 0 Å². The van der Waals surface area contributed by atoms with Crippen LogP contribution in [0.5, 0.6) is 0 Å². The molecule has 0 aliphatic rings. The van der Waals surface area contributed by atoms with Crippen LogP contribution in [0.4, 0.5) is 0 Å². The van der Waals surface area contributed by atoms with E-state index in [2.05, 4.69) is 0 Å². The summed E-state index contributed by atoms with van der Waals surface area (Å²) >= 11 is 0. The maximum Gasteiger partial charge on any atom is 1.00 e. The number of hydrogen-bond donors (Lipinski definition) is 0. The van der Waals surface area contributed by atoms with Crippen molar-refractivity contribution < 1.29 is 39.8 Å². The molecule has 3 heteroatoms. The van der Waals surface area contributed by atoms with Gasteiger partial charge in [-0.05, 0) is 0 Å². The van der Waals surface area contributed by atoms with E-state index in [1.54, 1.807) is 0 Å². The fourth-order valence-electron chi connectivity index (χ4n) is 0. The molecule has 0 amide bonds. The predicted octanol–water partition coefficient (Wildman–Crippen LogP) is -4.45. The van der Waals surface area contributed by atoms with Crippen molar-refractivity contribution in [2.75, 3.05) is 0 Å². The molecular formula is C2H4NaO2+. The molecule has 0 aromatic heterocycles. The molecule has 0 saturated carbocycles. The monoisotopic (exact) mass is 83.0 g/mol. The first kappa shape index (κ1) is 9.02. The van der Waals surface area contributed by atoms with Crippen molar-refractivity contribution in [2.45, 2.75) is 0 Å². The van der Waals surface area contributed by atoms with Crippen LogP contribution < -0.4 is 34.7 Å². The molecule has 0 aromatic rings. The fourth-order valence-corrected chi connectivity index (χ4v) is 0. The summed E-state index contributed by atoms with van der Waals surface area (Å²) in [5, 5.41) is 14.9. The van der Waals surface area contributed by atoms with Crippen molar-refractivity contribution in [1.82, 2.24) is 0 Å². The van der Waals surface area contributed by atoms with Crippen LogP contribution in [0.2, 0.25) is 0 Å². The van der Waals surface area contributed by atoms with Crippen LogP contribution in [-0.4, -0.2) is 5.11 Å². The molecule has 5 heavy (non-hydrogen) atoms. The second-order valence-electron chi connectivity index (χ2n) is 0.303. The first-order valence-corrected chi connectivity index (χ1v) is 0.858. The van der Waals surface area contributed by atoms with E-state index in [1.165, 1.54) is 0 Å². The minimum Gasteiger partial charge on any atom is -0.872 e. The quantitative estimate of drug-likeness (QED) is 0.165.